The number of carbonyl (C=O) groups excluding carboxylic acids is 1. The zero-order chi connectivity index (χ0) is 19.5. The summed E-state index contributed by atoms with van der Waals surface area (Å²) in [4.78, 5) is 12.1. The van der Waals surface area contributed by atoms with Crippen LogP contribution in [0.2, 0.25) is 5.02 Å². The Morgan fingerprint density at radius 3 is 2.67 bits per heavy atom. The number of benzene rings is 2. The van der Waals surface area contributed by atoms with Crippen molar-refractivity contribution in [1.82, 2.24) is 0 Å². The van der Waals surface area contributed by atoms with Crippen LogP contribution in [0.15, 0.2) is 42.5 Å². The van der Waals surface area contributed by atoms with E-state index in [4.69, 9.17) is 16.3 Å². The van der Waals surface area contributed by atoms with Crippen molar-refractivity contribution in [3.63, 3.8) is 0 Å². The average molecular weight is 393 g/mol. The Bertz CT molecular complexity index is 740. The molecule has 27 heavy (non-hydrogen) atoms. The number of hydrogen-bond acceptors (Lipinski definition) is 3. The number of hydrogen-bond donors (Lipinski definition) is 2. The van der Waals surface area contributed by atoms with Gasteiger partial charge in [0.05, 0.1) is 18.2 Å². The molecule has 0 bridgehead atoms. The van der Waals surface area contributed by atoms with Crippen molar-refractivity contribution in [2.24, 2.45) is 0 Å². The maximum atomic E-state index is 13.1. The zero-order valence-corrected chi connectivity index (χ0v) is 16.3. The summed E-state index contributed by atoms with van der Waals surface area (Å²) in [5, 5.41) is 5.73. The van der Waals surface area contributed by atoms with Crippen molar-refractivity contribution in [2.45, 2.75) is 39.0 Å². The van der Waals surface area contributed by atoms with Gasteiger partial charge < -0.3 is 15.4 Å². The summed E-state index contributed by atoms with van der Waals surface area (Å²) in [6.07, 6.45) is 5.93. The standard InChI is InChI=1S/C21H26ClFN2O2/c1-2-3-4-5-6-12-27-18-9-7-8-17(13-18)25-21(26)15-24-16-10-11-20(23)19(22)14-16/h7-11,13-14,24H,2-6,12,15H2,1H3,(H,25,26). The molecule has 2 aromatic rings. The molecule has 2 rings (SSSR count). The van der Waals surface area contributed by atoms with Gasteiger partial charge in [0.1, 0.15) is 11.6 Å². The smallest absolute Gasteiger partial charge is 0.243 e. The zero-order valence-electron chi connectivity index (χ0n) is 15.6. The lowest BCUT2D eigenvalue weighted by Gasteiger charge is -2.10. The molecule has 0 radical (unpaired) electrons. The summed E-state index contributed by atoms with van der Waals surface area (Å²) >= 11 is 5.72. The first kappa shape index (κ1) is 21.0. The van der Waals surface area contributed by atoms with Crippen LogP contribution in [0.1, 0.15) is 39.0 Å². The van der Waals surface area contributed by atoms with E-state index in [9.17, 15) is 9.18 Å². The third-order valence-electron chi connectivity index (χ3n) is 4.01. The highest BCUT2D eigenvalue weighted by atomic mass is 35.5. The Morgan fingerprint density at radius 2 is 1.89 bits per heavy atom. The van der Waals surface area contributed by atoms with Crippen molar-refractivity contribution >= 4 is 28.9 Å². The lowest BCUT2D eigenvalue weighted by molar-refractivity contribution is -0.114. The van der Waals surface area contributed by atoms with Gasteiger partial charge in [-0.2, -0.15) is 0 Å². The van der Waals surface area contributed by atoms with Gasteiger partial charge in [-0.15, -0.1) is 0 Å². The predicted molar refractivity (Wildman–Crippen MR) is 109 cm³/mol. The number of amides is 1. The van der Waals surface area contributed by atoms with Crippen LogP contribution < -0.4 is 15.4 Å². The van der Waals surface area contributed by atoms with E-state index in [1.54, 1.807) is 12.1 Å². The third-order valence-corrected chi connectivity index (χ3v) is 4.30. The third kappa shape index (κ3) is 7.87. The number of carbonyl (C=O) groups is 1. The van der Waals surface area contributed by atoms with E-state index in [2.05, 4.69) is 17.6 Å². The van der Waals surface area contributed by atoms with E-state index in [1.165, 1.54) is 43.9 Å². The number of anilines is 2. The van der Waals surface area contributed by atoms with Gasteiger partial charge in [0, 0.05) is 17.4 Å². The normalized spacial score (nSPS) is 10.5. The Labute approximate surface area is 165 Å². The fourth-order valence-electron chi connectivity index (χ4n) is 2.55. The van der Waals surface area contributed by atoms with E-state index in [1.807, 2.05) is 12.1 Å². The molecule has 6 heteroatoms. The van der Waals surface area contributed by atoms with Crippen LogP contribution in [0, 0.1) is 5.82 Å². The summed E-state index contributed by atoms with van der Waals surface area (Å²) in [5.74, 6) is 0.0302. The molecule has 4 nitrogen and oxygen atoms in total. The number of nitrogens with one attached hydrogen (secondary N) is 2. The van der Waals surface area contributed by atoms with Crippen LogP contribution in [-0.4, -0.2) is 19.1 Å². The topological polar surface area (TPSA) is 50.4 Å². The summed E-state index contributed by atoms with van der Waals surface area (Å²) in [7, 11) is 0. The SMILES string of the molecule is CCCCCCCOc1cccc(NC(=O)CNc2ccc(F)c(Cl)c2)c1. The predicted octanol–water partition coefficient (Wildman–Crippen LogP) is 5.88. The van der Waals surface area contributed by atoms with Crippen LogP contribution in [0.4, 0.5) is 15.8 Å². The van der Waals surface area contributed by atoms with E-state index >= 15 is 0 Å². The Kier molecular flexibility index (Phi) is 8.92. The molecule has 146 valence electrons. The van der Waals surface area contributed by atoms with Gasteiger partial charge in [0.2, 0.25) is 5.91 Å². The first-order chi connectivity index (χ1) is 13.1. The minimum Gasteiger partial charge on any atom is -0.494 e. The highest BCUT2D eigenvalue weighted by molar-refractivity contribution is 6.31. The van der Waals surface area contributed by atoms with Crippen molar-refractivity contribution in [2.75, 3.05) is 23.8 Å². The monoisotopic (exact) mass is 392 g/mol. The van der Waals surface area contributed by atoms with Crippen LogP contribution >= 0.6 is 11.6 Å². The van der Waals surface area contributed by atoms with Gasteiger partial charge in [-0.3, -0.25) is 4.79 Å². The number of halogens is 2. The molecule has 0 aromatic heterocycles. The summed E-state index contributed by atoms with van der Waals surface area (Å²) < 4.78 is 18.9. The fraction of sp³-hybridized carbons (Fsp3) is 0.381. The minimum atomic E-state index is -0.492. The Balaban J connectivity index is 1.75. The van der Waals surface area contributed by atoms with E-state index in [0.717, 1.165) is 12.2 Å². The van der Waals surface area contributed by atoms with Crippen LogP contribution in [0.5, 0.6) is 5.75 Å². The maximum absolute atomic E-state index is 13.1. The quantitative estimate of drug-likeness (QED) is 0.469. The highest BCUT2D eigenvalue weighted by Crippen LogP contribution is 2.20. The molecule has 2 aromatic carbocycles. The largest absolute Gasteiger partial charge is 0.494 e. The first-order valence-electron chi connectivity index (χ1n) is 9.30. The van der Waals surface area contributed by atoms with Crippen LogP contribution in [0.3, 0.4) is 0 Å². The maximum Gasteiger partial charge on any atom is 0.243 e. The molecule has 0 aliphatic carbocycles. The molecule has 0 aliphatic rings. The van der Waals surface area contributed by atoms with Crippen LogP contribution in [-0.2, 0) is 4.79 Å². The van der Waals surface area contributed by atoms with Crippen molar-refractivity contribution in [1.29, 1.82) is 0 Å². The molecule has 0 saturated heterocycles. The first-order valence-corrected chi connectivity index (χ1v) is 9.68. The molecule has 0 fully saturated rings. The summed E-state index contributed by atoms with van der Waals surface area (Å²) in [5.41, 5.74) is 1.25. The Morgan fingerprint density at radius 1 is 1.07 bits per heavy atom. The molecule has 0 saturated carbocycles. The van der Waals surface area contributed by atoms with Crippen molar-refractivity contribution in [3.8, 4) is 5.75 Å². The highest BCUT2D eigenvalue weighted by Gasteiger charge is 2.05. The number of ether oxygens (including phenoxy) is 1. The van der Waals surface area contributed by atoms with E-state index in [0.29, 0.717) is 18.0 Å². The minimum absolute atomic E-state index is 0.0138. The molecule has 0 atom stereocenters. The Hall–Kier alpha value is -2.27. The van der Waals surface area contributed by atoms with Gasteiger partial charge >= 0.3 is 0 Å². The number of rotatable bonds is 11. The molecular formula is C21H26ClFN2O2. The molecule has 0 heterocycles. The van der Waals surface area contributed by atoms with Crippen LogP contribution in [0.25, 0.3) is 0 Å². The van der Waals surface area contributed by atoms with E-state index in [-0.39, 0.29) is 17.5 Å². The molecule has 2 N–H and O–H groups in total. The number of unbranched alkanes of at least 4 members (excludes halogenated alkanes) is 4. The second kappa shape index (κ2) is 11.4. The van der Waals surface area contributed by atoms with Crippen molar-refractivity contribution in [3.05, 3.63) is 53.3 Å². The van der Waals surface area contributed by atoms with E-state index < -0.39 is 5.82 Å². The van der Waals surface area contributed by atoms with Crippen molar-refractivity contribution < 1.29 is 13.9 Å². The second-order valence-corrected chi connectivity index (χ2v) is 6.73. The van der Waals surface area contributed by atoms with Gasteiger partial charge in [0.15, 0.2) is 0 Å². The lowest BCUT2D eigenvalue weighted by atomic mass is 10.2. The fourth-order valence-corrected chi connectivity index (χ4v) is 2.73. The lowest BCUT2D eigenvalue weighted by Crippen LogP contribution is -2.21. The van der Waals surface area contributed by atoms with Gasteiger partial charge in [0.25, 0.3) is 0 Å². The average Bonchev–Trinajstić information content (AvgIpc) is 2.66. The molecule has 0 unspecified atom stereocenters. The molecular weight excluding hydrogens is 367 g/mol. The second-order valence-electron chi connectivity index (χ2n) is 6.32. The summed E-state index contributed by atoms with van der Waals surface area (Å²) in [6, 6.07) is 11.6. The van der Waals surface area contributed by atoms with Gasteiger partial charge in [-0.25, -0.2) is 4.39 Å². The van der Waals surface area contributed by atoms with Gasteiger partial charge in [-0.1, -0.05) is 50.3 Å². The molecule has 0 spiro atoms. The summed E-state index contributed by atoms with van der Waals surface area (Å²) in [6.45, 7) is 2.92. The van der Waals surface area contributed by atoms with Gasteiger partial charge in [-0.05, 0) is 36.8 Å². The molecule has 0 aliphatic heterocycles. The molecule has 1 amide bonds.